The molecule has 0 radical (unpaired) electrons. The van der Waals surface area contributed by atoms with Crippen molar-refractivity contribution in [2.75, 3.05) is 5.32 Å². The summed E-state index contributed by atoms with van der Waals surface area (Å²) in [5.74, 6) is -0.191. The molecule has 1 aromatic carbocycles. The summed E-state index contributed by atoms with van der Waals surface area (Å²) < 4.78 is 3.61. The number of nitrogens with zero attached hydrogens (tertiary/aromatic N) is 5. The largest absolute Gasteiger partial charge is 0.298 e. The van der Waals surface area contributed by atoms with E-state index >= 15 is 0 Å². The number of carbonyl (C=O) groups is 1. The van der Waals surface area contributed by atoms with Crippen LogP contribution in [0.5, 0.6) is 0 Å². The molecule has 142 valence electrons. The third-order valence-corrected chi connectivity index (χ3v) is 5.19. The number of thiazole rings is 1. The van der Waals surface area contributed by atoms with Crippen molar-refractivity contribution in [2.45, 2.75) is 19.9 Å². The van der Waals surface area contributed by atoms with Gasteiger partial charge in [-0.15, -0.1) is 11.3 Å². The third-order valence-electron chi connectivity index (χ3n) is 4.43. The van der Waals surface area contributed by atoms with Gasteiger partial charge in [0.05, 0.1) is 35.9 Å². The van der Waals surface area contributed by atoms with Gasteiger partial charge in [-0.1, -0.05) is 37.3 Å². The third kappa shape index (κ3) is 3.72. The van der Waals surface area contributed by atoms with Gasteiger partial charge in [0.15, 0.2) is 5.13 Å². The number of hydrogen-bond acceptors (Lipinski definition) is 5. The summed E-state index contributed by atoms with van der Waals surface area (Å²) in [7, 11) is 1.86. The second kappa shape index (κ2) is 7.77. The van der Waals surface area contributed by atoms with Crippen molar-refractivity contribution in [3.63, 3.8) is 0 Å². The number of benzene rings is 1. The van der Waals surface area contributed by atoms with Crippen molar-refractivity contribution in [3.05, 3.63) is 71.1 Å². The molecule has 4 rings (SSSR count). The van der Waals surface area contributed by atoms with Gasteiger partial charge in [-0.25, -0.2) is 4.98 Å². The van der Waals surface area contributed by atoms with Crippen LogP contribution in [0.4, 0.5) is 5.13 Å². The topological polar surface area (TPSA) is 77.6 Å². The Labute approximate surface area is 166 Å². The first-order valence-corrected chi connectivity index (χ1v) is 9.86. The molecule has 1 N–H and O–H groups in total. The SMILES string of the molecule is CCc1c(C(=O)Nc2nc(-c3cnn(C)c3)cs2)cnn1Cc1ccccc1. The molecule has 8 heteroatoms. The molecule has 28 heavy (non-hydrogen) atoms. The predicted octanol–water partition coefficient (Wildman–Crippen LogP) is 3.60. The second-order valence-electron chi connectivity index (χ2n) is 6.40. The van der Waals surface area contributed by atoms with Gasteiger partial charge in [-0.05, 0) is 12.0 Å². The maximum Gasteiger partial charge on any atom is 0.260 e. The lowest BCUT2D eigenvalue weighted by Crippen LogP contribution is -2.15. The number of carbonyl (C=O) groups excluding carboxylic acids is 1. The van der Waals surface area contributed by atoms with Crippen molar-refractivity contribution in [2.24, 2.45) is 7.05 Å². The number of aromatic nitrogens is 5. The van der Waals surface area contributed by atoms with Gasteiger partial charge in [0.25, 0.3) is 5.91 Å². The fourth-order valence-corrected chi connectivity index (χ4v) is 3.76. The van der Waals surface area contributed by atoms with Crippen LogP contribution in [0.2, 0.25) is 0 Å². The molecule has 0 aliphatic heterocycles. The van der Waals surface area contributed by atoms with E-state index in [-0.39, 0.29) is 5.91 Å². The van der Waals surface area contributed by atoms with E-state index in [2.05, 4.69) is 32.6 Å². The zero-order valence-electron chi connectivity index (χ0n) is 15.7. The lowest BCUT2D eigenvalue weighted by molar-refractivity contribution is 0.102. The molecular formula is C20H20N6OS. The van der Waals surface area contributed by atoms with Crippen molar-refractivity contribution < 1.29 is 4.79 Å². The molecule has 0 unspecified atom stereocenters. The van der Waals surface area contributed by atoms with Gasteiger partial charge < -0.3 is 0 Å². The molecule has 4 aromatic rings. The number of amides is 1. The first-order valence-electron chi connectivity index (χ1n) is 8.98. The molecular weight excluding hydrogens is 372 g/mol. The van der Waals surface area contributed by atoms with E-state index in [0.29, 0.717) is 23.7 Å². The Morgan fingerprint density at radius 1 is 1.18 bits per heavy atom. The van der Waals surface area contributed by atoms with Crippen molar-refractivity contribution >= 4 is 22.4 Å². The van der Waals surface area contributed by atoms with Crippen LogP contribution in [0, 0.1) is 0 Å². The number of aryl methyl sites for hydroxylation is 1. The molecule has 0 aliphatic carbocycles. The zero-order valence-corrected chi connectivity index (χ0v) is 16.5. The highest BCUT2D eigenvalue weighted by Crippen LogP contribution is 2.25. The minimum atomic E-state index is -0.191. The molecule has 3 aromatic heterocycles. The summed E-state index contributed by atoms with van der Waals surface area (Å²) in [6.45, 7) is 2.67. The van der Waals surface area contributed by atoms with E-state index in [0.717, 1.165) is 22.5 Å². The van der Waals surface area contributed by atoms with Crippen LogP contribution in [0.25, 0.3) is 11.3 Å². The van der Waals surface area contributed by atoms with Gasteiger partial charge in [-0.3, -0.25) is 19.5 Å². The van der Waals surface area contributed by atoms with E-state index in [4.69, 9.17) is 0 Å². The monoisotopic (exact) mass is 392 g/mol. The smallest absolute Gasteiger partial charge is 0.260 e. The van der Waals surface area contributed by atoms with E-state index in [9.17, 15) is 4.79 Å². The molecule has 0 saturated carbocycles. The van der Waals surface area contributed by atoms with Crippen LogP contribution < -0.4 is 5.32 Å². The number of hydrogen-bond donors (Lipinski definition) is 1. The lowest BCUT2D eigenvalue weighted by atomic mass is 10.2. The highest BCUT2D eigenvalue weighted by Gasteiger charge is 2.18. The van der Waals surface area contributed by atoms with Crippen LogP contribution in [0.3, 0.4) is 0 Å². The van der Waals surface area contributed by atoms with Gasteiger partial charge in [0.2, 0.25) is 0 Å². The van der Waals surface area contributed by atoms with Crippen molar-refractivity contribution in [1.29, 1.82) is 0 Å². The molecule has 7 nitrogen and oxygen atoms in total. The van der Waals surface area contributed by atoms with Crippen LogP contribution in [0.15, 0.2) is 54.3 Å². The van der Waals surface area contributed by atoms with Gasteiger partial charge in [0.1, 0.15) is 0 Å². The lowest BCUT2D eigenvalue weighted by Gasteiger charge is -2.08. The molecule has 1 amide bonds. The van der Waals surface area contributed by atoms with Gasteiger partial charge >= 0.3 is 0 Å². The average molecular weight is 392 g/mol. The molecule has 0 bridgehead atoms. The first kappa shape index (κ1) is 18.1. The number of anilines is 1. The Bertz CT molecular complexity index is 1100. The fraction of sp³-hybridized carbons (Fsp3) is 0.200. The standard InChI is InChI=1S/C20H20N6OS/c1-3-18-16(10-22-26(18)11-14-7-5-4-6-8-14)19(27)24-20-23-17(13-28-20)15-9-21-25(2)12-15/h4-10,12-13H,3,11H2,1-2H3,(H,23,24,27). The Hall–Kier alpha value is -3.26. The molecule has 3 heterocycles. The predicted molar refractivity (Wildman–Crippen MR) is 109 cm³/mol. The fourth-order valence-electron chi connectivity index (χ4n) is 3.05. The summed E-state index contributed by atoms with van der Waals surface area (Å²) in [4.78, 5) is 17.3. The average Bonchev–Trinajstić information content (AvgIpc) is 3.42. The van der Waals surface area contributed by atoms with Crippen molar-refractivity contribution in [3.8, 4) is 11.3 Å². The number of rotatable bonds is 6. The van der Waals surface area contributed by atoms with Gasteiger partial charge in [0, 0.05) is 24.2 Å². The zero-order chi connectivity index (χ0) is 19.5. The Morgan fingerprint density at radius 2 is 2.00 bits per heavy atom. The molecule has 0 fully saturated rings. The molecule has 0 atom stereocenters. The van der Waals surface area contributed by atoms with Crippen LogP contribution >= 0.6 is 11.3 Å². The summed E-state index contributed by atoms with van der Waals surface area (Å²) in [6, 6.07) is 10.1. The normalized spacial score (nSPS) is 10.9. The Morgan fingerprint density at radius 3 is 2.71 bits per heavy atom. The van der Waals surface area contributed by atoms with Crippen LogP contribution in [-0.4, -0.2) is 30.5 Å². The van der Waals surface area contributed by atoms with E-state index < -0.39 is 0 Å². The van der Waals surface area contributed by atoms with E-state index in [1.807, 2.05) is 48.4 Å². The summed E-state index contributed by atoms with van der Waals surface area (Å²) >= 11 is 1.39. The van der Waals surface area contributed by atoms with Gasteiger partial charge in [-0.2, -0.15) is 10.2 Å². The minimum absolute atomic E-state index is 0.191. The maximum atomic E-state index is 12.8. The van der Waals surface area contributed by atoms with Crippen LogP contribution in [0.1, 0.15) is 28.5 Å². The van der Waals surface area contributed by atoms with E-state index in [1.54, 1.807) is 17.1 Å². The highest BCUT2D eigenvalue weighted by molar-refractivity contribution is 7.14. The Kier molecular flexibility index (Phi) is 5.03. The molecule has 0 saturated heterocycles. The second-order valence-corrected chi connectivity index (χ2v) is 7.25. The maximum absolute atomic E-state index is 12.8. The summed E-state index contributed by atoms with van der Waals surface area (Å²) in [6.07, 6.45) is 5.99. The molecule has 0 aliphatic rings. The first-order chi connectivity index (χ1) is 13.6. The summed E-state index contributed by atoms with van der Waals surface area (Å²) in [5.41, 5.74) is 4.35. The van der Waals surface area contributed by atoms with Crippen molar-refractivity contribution in [1.82, 2.24) is 24.5 Å². The Balaban J connectivity index is 1.51. The number of nitrogens with one attached hydrogen (secondary N) is 1. The summed E-state index contributed by atoms with van der Waals surface area (Å²) in [5, 5.41) is 13.9. The van der Waals surface area contributed by atoms with E-state index in [1.165, 1.54) is 11.3 Å². The minimum Gasteiger partial charge on any atom is -0.298 e. The van der Waals surface area contributed by atoms with Crippen LogP contribution in [-0.2, 0) is 20.0 Å². The molecule has 0 spiro atoms. The highest BCUT2D eigenvalue weighted by atomic mass is 32.1. The quantitative estimate of drug-likeness (QED) is 0.544.